The third-order valence-electron chi connectivity index (χ3n) is 2.88. The van der Waals surface area contributed by atoms with E-state index in [1.165, 1.54) is 13.3 Å². The van der Waals surface area contributed by atoms with E-state index in [0.717, 1.165) is 32.6 Å². The highest BCUT2D eigenvalue weighted by Crippen LogP contribution is 2.03. The minimum absolute atomic E-state index is 0.219. The van der Waals surface area contributed by atoms with Crippen LogP contribution in [0.2, 0.25) is 0 Å². The molecule has 1 N–H and O–H groups in total. The minimum atomic E-state index is -0.473. The fourth-order valence-corrected chi connectivity index (χ4v) is 1.71. The van der Waals surface area contributed by atoms with E-state index in [9.17, 15) is 4.79 Å². The molecule has 0 aromatic carbocycles. The largest absolute Gasteiger partial charge is 0.464 e. The molecule has 0 atom stereocenters. The van der Waals surface area contributed by atoms with Crippen LogP contribution in [0.4, 0.5) is 5.82 Å². The van der Waals surface area contributed by atoms with Gasteiger partial charge in [0.15, 0.2) is 5.69 Å². The van der Waals surface area contributed by atoms with Gasteiger partial charge in [0.1, 0.15) is 5.82 Å². The zero-order valence-corrected chi connectivity index (χ0v) is 11.8. The Labute approximate surface area is 114 Å². The number of nitrogens with zero attached hydrogens (tertiary/aromatic N) is 3. The lowest BCUT2D eigenvalue weighted by Gasteiger charge is -2.17. The van der Waals surface area contributed by atoms with E-state index >= 15 is 0 Å². The summed E-state index contributed by atoms with van der Waals surface area (Å²) < 4.78 is 4.60. The van der Waals surface area contributed by atoms with E-state index in [1.54, 1.807) is 6.20 Å². The topological polar surface area (TPSA) is 67.4 Å². The molecule has 0 aliphatic carbocycles. The Hall–Kier alpha value is -1.69. The third kappa shape index (κ3) is 5.21. The number of rotatable bonds is 8. The molecule has 0 aliphatic rings. The maximum atomic E-state index is 11.3. The summed E-state index contributed by atoms with van der Waals surface area (Å²) in [4.78, 5) is 21.8. The summed E-state index contributed by atoms with van der Waals surface area (Å²) in [6.45, 7) is 8.28. The molecule has 0 amide bonds. The van der Waals surface area contributed by atoms with Crippen LogP contribution in [0.25, 0.3) is 0 Å². The lowest BCUT2D eigenvalue weighted by Crippen LogP contribution is -2.25. The average molecular weight is 266 g/mol. The number of methoxy groups -OCH3 is 1. The van der Waals surface area contributed by atoms with Crippen LogP contribution in [0.1, 0.15) is 30.8 Å². The van der Waals surface area contributed by atoms with Gasteiger partial charge in [-0.05, 0) is 26.1 Å². The van der Waals surface area contributed by atoms with Crippen molar-refractivity contribution >= 4 is 11.8 Å². The number of anilines is 1. The highest BCUT2D eigenvalue weighted by Gasteiger charge is 2.08. The molecule has 0 fully saturated rings. The number of esters is 1. The molecule has 106 valence electrons. The Morgan fingerprint density at radius 2 is 2.11 bits per heavy atom. The monoisotopic (exact) mass is 266 g/mol. The van der Waals surface area contributed by atoms with Crippen LogP contribution in [0.15, 0.2) is 12.4 Å². The van der Waals surface area contributed by atoms with Gasteiger partial charge >= 0.3 is 5.97 Å². The van der Waals surface area contributed by atoms with Crippen molar-refractivity contribution < 1.29 is 9.53 Å². The van der Waals surface area contributed by atoms with Gasteiger partial charge in [-0.2, -0.15) is 0 Å². The Morgan fingerprint density at radius 3 is 2.74 bits per heavy atom. The van der Waals surface area contributed by atoms with Crippen molar-refractivity contribution in [2.24, 2.45) is 0 Å². The van der Waals surface area contributed by atoms with Crippen molar-refractivity contribution in [2.75, 3.05) is 38.6 Å². The summed E-state index contributed by atoms with van der Waals surface area (Å²) >= 11 is 0. The number of aromatic nitrogens is 2. The van der Waals surface area contributed by atoms with Gasteiger partial charge in [-0.1, -0.05) is 13.8 Å². The molecule has 0 unspecified atom stereocenters. The molecule has 1 rings (SSSR count). The molecular weight excluding hydrogens is 244 g/mol. The second kappa shape index (κ2) is 8.42. The molecule has 1 heterocycles. The molecular formula is C13H22N4O2. The number of carbonyl (C=O) groups is 1. The zero-order chi connectivity index (χ0) is 14.1. The summed E-state index contributed by atoms with van der Waals surface area (Å²) in [6, 6.07) is 0. The van der Waals surface area contributed by atoms with Crippen LogP contribution in [-0.4, -0.2) is 54.1 Å². The van der Waals surface area contributed by atoms with E-state index in [1.807, 2.05) is 0 Å². The van der Waals surface area contributed by atoms with Crippen LogP contribution in [-0.2, 0) is 4.74 Å². The van der Waals surface area contributed by atoms with E-state index in [0.29, 0.717) is 5.82 Å². The van der Waals surface area contributed by atoms with Crippen LogP contribution < -0.4 is 5.32 Å². The van der Waals surface area contributed by atoms with Gasteiger partial charge in [-0.25, -0.2) is 9.78 Å². The predicted molar refractivity (Wildman–Crippen MR) is 74.3 cm³/mol. The summed E-state index contributed by atoms with van der Waals surface area (Å²) in [7, 11) is 1.33. The molecule has 0 spiro atoms. The number of hydrogen-bond donors (Lipinski definition) is 1. The van der Waals surface area contributed by atoms with E-state index in [2.05, 4.69) is 38.8 Å². The van der Waals surface area contributed by atoms with Crippen molar-refractivity contribution in [2.45, 2.75) is 20.3 Å². The first kappa shape index (κ1) is 15.4. The van der Waals surface area contributed by atoms with Gasteiger partial charge in [-0.3, -0.25) is 4.98 Å². The molecule has 6 nitrogen and oxygen atoms in total. The summed E-state index contributed by atoms with van der Waals surface area (Å²) in [5.41, 5.74) is 0.219. The molecule has 0 saturated carbocycles. The van der Waals surface area contributed by atoms with Crippen molar-refractivity contribution in [3.63, 3.8) is 0 Å². The second-order valence-corrected chi connectivity index (χ2v) is 4.09. The lowest BCUT2D eigenvalue weighted by atomic mass is 10.3. The quantitative estimate of drug-likeness (QED) is 0.567. The minimum Gasteiger partial charge on any atom is -0.464 e. The Kier molecular flexibility index (Phi) is 6.81. The van der Waals surface area contributed by atoms with Gasteiger partial charge in [0, 0.05) is 6.54 Å². The average Bonchev–Trinajstić information content (AvgIpc) is 2.47. The maximum absolute atomic E-state index is 11.3. The summed E-state index contributed by atoms with van der Waals surface area (Å²) in [5, 5.41) is 3.16. The Morgan fingerprint density at radius 1 is 1.37 bits per heavy atom. The predicted octanol–water partition coefficient (Wildman–Crippen LogP) is 1.41. The highest BCUT2D eigenvalue weighted by molar-refractivity contribution is 5.87. The van der Waals surface area contributed by atoms with Gasteiger partial charge in [0.2, 0.25) is 0 Å². The van der Waals surface area contributed by atoms with E-state index in [-0.39, 0.29) is 5.69 Å². The molecule has 0 aliphatic heterocycles. The third-order valence-corrected chi connectivity index (χ3v) is 2.88. The van der Waals surface area contributed by atoms with E-state index in [4.69, 9.17) is 0 Å². The lowest BCUT2D eigenvalue weighted by molar-refractivity contribution is 0.0593. The van der Waals surface area contributed by atoms with Crippen molar-refractivity contribution in [3.8, 4) is 0 Å². The summed E-state index contributed by atoms with van der Waals surface area (Å²) in [6.07, 6.45) is 4.02. The second-order valence-electron chi connectivity index (χ2n) is 4.09. The van der Waals surface area contributed by atoms with Gasteiger partial charge in [0.05, 0.1) is 19.5 Å². The first-order valence-electron chi connectivity index (χ1n) is 6.57. The number of ether oxygens (including phenoxy) is 1. The van der Waals surface area contributed by atoms with Crippen LogP contribution in [0, 0.1) is 0 Å². The molecule has 19 heavy (non-hydrogen) atoms. The fourth-order valence-electron chi connectivity index (χ4n) is 1.71. The van der Waals surface area contributed by atoms with Crippen LogP contribution >= 0.6 is 0 Å². The molecule has 0 saturated heterocycles. The van der Waals surface area contributed by atoms with Crippen molar-refractivity contribution in [1.29, 1.82) is 0 Å². The van der Waals surface area contributed by atoms with Gasteiger partial charge < -0.3 is 15.0 Å². The summed E-state index contributed by atoms with van der Waals surface area (Å²) in [5.74, 6) is 0.127. The maximum Gasteiger partial charge on any atom is 0.358 e. The van der Waals surface area contributed by atoms with Crippen LogP contribution in [0.5, 0.6) is 0 Å². The fraction of sp³-hybridized carbons (Fsp3) is 0.615. The van der Waals surface area contributed by atoms with Gasteiger partial charge in [0.25, 0.3) is 0 Å². The van der Waals surface area contributed by atoms with Gasteiger partial charge in [-0.15, -0.1) is 0 Å². The first-order valence-corrected chi connectivity index (χ1v) is 6.57. The zero-order valence-electron chi connectivity index (χ0n) is 11.8. The number of carbonyl (C=O) groups excluding carboxylic acids is 1. The molecule has 1 aromatic rings. The molecule has 1 aromatic heterocycles. The smallest absolute Gasteiger partial charge is 0.358 e. The Bertz CT molecular complexity index is 394. The van der Waals surface area contributed by atoms with Crippen LogP contribution in [0.3, 0.4) is 0 Å². The number of hydrogen-bond acceptors (Lipinski definition) is 6. The highest BCUT2D eigenvalue weighted by atomic mass is 16.5. The Balaban J connectivity index is 2.39. The van der Waals surface area contributed by atoms with Crippen molar-refractivity contribution in [3.05, 3.63) is 18.1 Å². The SMILES string of the molecule is CCN(CC)CCCNc1cncc(C(=O)OC)n1. The standard InChI is InChI=1S/C13H22N4O2/c1-4-17(5-2)8-6-7-15-12-10-14-9-11(16-12)13(18)19-3/h9-10H,4-8H2,1-3H3,(H,15,16). The normalized spacial score (nSPS) is 10.5. The first-order chi connectivity index (χ1) is 9.21. The van der Waals surface area contributed by atoms with E-state index < -0.39 is 5.97 Å². The van der Waals surface area contributed by atoms with Crippen molar-refractivity contribution in [1.82, 2.24) is 14.9 Å². The number of nitrogens with one attached hydrogen (secondary N) is 1. The molecule has 6 heteroatoms. The molecule has 0 bridgehead atoms. The molecule has 0 radical (unpaired) electrons.